The molecule has 1 fully saturated rings. The van der Waals surface area contributed by atoms with Gasteiger partial charge in [0.1, 0.15) is 6.54 Å². The number of methoxy groups -OCH3 is 1. The minimum absolute atomic E-state index is 0.0801. The quantitative estimate of drug-likeness (QED) is 0.472. The van der Waals surface area contributed by atoms with E-state index in [2.05, 4.69) is 0 Å². The molecule has 1 aliphatic heterocycles. The van der Waals surface area contributed by atoms with E-state index in [1.165, 1.54) is 4.90 Å². The van der Waals surface area contributed by atoms with Gasteiger partial charge < -0.3 is 19.6 Å². The van der Waals surface area contributed by atoms with Crippen molar-refractivity contribution in [3.63, 3.8) is 0 Å². The van der Waals surface area contributed by atoms with Crippen molar-refractivity contribution in [1.82, 2.24) is 9.80 Å². The fraction of sp³-hybridized carbons (Fsp3) is 0.423. The van der Waals surface area contributed by atoms with E-state index >= 15 is 0 Å². The molecule has 0 aliphatic carbocycles. The van der Waals surface area contributed by atoms with Crippen LogP contribution in [0.3, 0.4) is 0 Å². The number of halogens is 2. The molecule has 1 heterocycles. The molecule has 0 radical (unpaired) electrons. The van der Waals surface area contributed by atoms with Gasteiger partial charge in [0.15, 0.2) is 0 Å². The number of aryl methyl sites for hydroxylation is 1. The highest BCUT2D eigenvalue weighted by Crippen LogP contribution is 2.40. The number of hydrogen-bond acceptors (Lipinski definition) is 4. The fourth-order valence-electron chi connectivity index (χ4n) is 4.55. The molecule has 2 amide bonds. The number of rotatable bonds is 11. The topological polar surface area (TPSA) is 87.2 Å². The maximum absolute atomic E-state index is 13.8. The highest BCUT2D eigenvalue weighted by atomic mass is 35.5. The molecule has 1 N–H and O–H groups in total. The SMILES string of the molecule is COCCN1C(=O)CC[C@@H](C(=O)N(CCCc2ccc(Cl)cc2)CC(=O)O)[C@@H]1c1ccccc1Cl. The van der Waals surface area contributed by atoms with Crippen molar-refractivity contribution < 1.29 is 24.2 Å². The Bertz CT molecular complexity index is 1030. The van der Waals surface area contributed by atoms with E-state index in [9.17, 15) is 19.5 Å². The van der Waals surface area contributed by atoms with Crippen LogP contribution in [0, 0.1) is 5.92 Å². The zero-order valence-electron chi connectivity index (χ0n) is 19.7. The molecule has 0 unspecified atom stereocenters. The number of likely N-dealkylation sites (tertiary alicyclic amines) is 1. The van der Waals surface area contributed by atoms with Crippen molar-refractivity contribution in [2.24, 2.45) is 5.92 Å². The Morgan fingerprint density at radius 2 is 1.86 bits per heavy atom. The third-order valence-electron chi connectivity index (χ3n) is 6.23. The number of amides is 2. The Labute approximate surface area is 215 Å². The number of carbonyl (C=O) groups excluding carboxylic acids is 2. The smallest absolute Gasteiger partial charge is 0.323 e. The van der Waals surface area contributed by atoms with Crippen LogP contribution in [0.2, 0.25) is 10.0 Å². The average molecular weight is 521 g/mol. The lowest BCUT2D eigenvalue weighted by atomic mass is 9.83. The van der Waals surface area contributed by atoms with Crippen LogP contribution in [0.15, 0.2) is 48.5 Å². The van der Waals surface area contributed by atoms with Crippen molar-refractivity contribution >= 4 is 41.0 Å². The molecule has 7 nitrogen and oxygen atoms in total. The Hall–Kier alpha value is -2.61. The number of benzene rings is 2. The van der Waals surface area contributed by atoms with Crippen LogP contribution in [0.5, 0.6) is 0 Å². The highest BCUT2D eigenvalue weighted by Gasteiger charge is 2.42. The van der Waals surface area contributed by atoms with Gasteiger partial charge in [-0.3, -0.25) is 14.4 Å². The molecule has 0 saturated carbocycles. The summed E-state index contributed by atoms with van der Waals surface area (Å²) in [6.07, 6.45) is 1.80. The molecule has 2 atom stereocenters. The number of carbonyl (C=O) groups is 3. The average Bonchev–Trinajstić information content (AvgIpc) is 2.83. The van der Waals surface area contributed by atoms with Crippen molar-refractivity contribution in [3.8, 4) is 0 Å². The lowest BCUT2D eigenvalue weighted by Gasteiger charge is -2.42. The maximum atomic E-state index is 13.8. The van der Waals surface area contributed by atoms with E-state index in [-0.39, 0.29) is 24.8 Å². The first-order chi connectivity index (χ1) is 16.8. The lowest BCUT2D eigenvalue weighted by molar-refractivity contribution is -0.153. The molecule has 1 aliphatic rings. The first kappa shape index (κ1) is 27.0. The van der Waals surface area contributed by atoms with Gasteiger partial charge in [0, 0.05) is 36.7 Å². The van der Waals surface area contributed by atoms with E-state index in [0.717, 1.165) is 5.56 Å². The van der Waals surface area contributed by atoms with Gasteiger partial charge in [0.25, 0.3) is 0 Å². The predicted octanol–water partition coefficient (Wildman–Crippen LogP) is 4.47. The molecule has 2 aromatic rings. The Morgan fingerprint density at radius 1 is 1.14 bits per heavy atom. The standard InChI is InChI=1S/C26H30Cl2N2O5/c1-35-16-15-30-23(31)13-12-21(25(30)20-6-2-3-7-22(20)28)26(34)29(17-24(32)33)14-4-5-18-8-10-19(27)11-9-18/h2-3,6-11,21,25H,4-5,12-17H2,1H3,(H,32,33)/t21-,25+/m1/s1. The molecule has 35 heavy (non-hydrogen) atoms. The number of ether oxygens (including phenoxy) is 1. The van der Waals surface area contributed by atoms with Crippen molar-refractivity contribution in [2.45, 2.75) is 31.7 Å². The van der Waals surface area contributed by atoms with Gasteiger partial charge in [0.05, 0.1) is 18.6 Å². The van der Waals surface area contributed by atoms with Crippen LogP contribution in [0.1, 0.15) is 36.4 Å². The molecule has 1 saturated heterocycles. The molecule has 3 rings (SSSR count). The molecular weight excluding hydrogens is 491 g/mol. The van der Waals surface area contributed by atoms with Crippen LogP contribution < -0.4 is 0 Å². The summed E-state index contributed by atoms with van der Waals surface area (Å²) in [7, 11) is 1.55. The van der Waals surface area contributed by atoms with E-state index in [4.69, 9.17) is 27.9 Å². The monoisotopic (exact) mass is 520 g/mol. The van der Waals surface area contributed by atoms with E-state index < -0.39 is 24.5 Å². The molecule has 2 aromatic carbocycles. The van der Waals surface area contributed by atoms with E-state index in [1.54, 1.807) is 36.3 Å². The third kappa shape index (κ3) is 7.19. The number of piperidine rings is 1. The number of hydrogen-bond donors (Lipinski definition) is 1. The molecule has 9 heteroatoms. The summed E-state index contributed by atoms with van der Waals surface area (Å²) in [5, 5.41) is 10.6. The summed E-state index contributed by atoms with van der Waals surface area (Å²) < 4.78 is 5.20. The van der Waals surface area contributed by atoms with E-state index in [0.29, 0.717) is 48.0 Å². The lowest BCUT2D eigenvalue weighted by Crippen LogP contribution is -2.51. The highest BCUT2D eigenvalue weighted by molar-refractivity contribution is 6.31. The second-order valence-corrected chi connectivity index (χ2v) is 9.42. The summed E-state index contributed by atoms with van der Waals surface area (Å²) in [4.78, 5) is 41.3. The third-order valence-corrected chi connectivity index (χ3v) is 6.82. The molecule has 0 bridgehead atoms. The largest absolute Gasteiger partial charge is 0.480 e. The molecule has 0 spiro atoms. The van der Waals surface area contributed by atoms with Gasteiger partial charge in [-0.05, 0) is 48.6 Å². The number of nitrogens with zero attached hydrogens (tertiary/aromatic N) is 2. The second-order valence-electron chi connectivity index (χ2n) is 8.58. The van der Waals surface area contributed by atoms with Crippen LogP contribution in [-0.2, 0) is 25.5 Å². The van der Waals surface area contributed by atoms with Crippen LogP contribution >= 0.6 is 23.2 Å². The molecule has 0 aromatic heterocycles. The molecule has 188 valence electrons. The predicted molar refractivity (Wildman–Crippen MR) is 134 cm³/mol. The van der Waals surface area contributed by atoms with Crippen LogP contribution in [0.4, 0.5) is 0 Å². The van der Waals surface area contributed by atoms with Crippen molar-refractivity contribution in [1.29, 1.82) is 0 Å². The van der Waals surface area contributed by atoms with Gasteiger partial charge in [-0.2, -0.15) is 0 Å². The van der Waals surface area contributed by atoms with Gasteiger partial charge in [-0.15, -0.1) is 0 Å². The van der Waals surface area contributed by atoms with Crippen molar-refractivity contribution in [3.05, 3.63) is 69.7 Å². The first-order valence-electron chi connectivity index (χ1n) is 11.6. The summed E-state index contributed by atoms with van der Waals surface area (Å²) in [5.74, 6) is -2.06. The van der Waals surface area contributed by atoms with Gasteiger partial charge in [0.2, 0.25) is 11.8 Å². The number of carboxylic acids is 1. The van der Waals surface area contributed by atoms with Crippen LogP contribution in [-0.4, -0.2) is 66.0 Å². The number of carboxylic acid groups (broad SMARTS) is 1. The summed E-state index contributed by atoms with van der Waals surface area (Å²) >= 11 is 12.5. The fourth-order valence-corrected chi connectivity index (χ4v) is 4.93. The first-order valence-corrected chi connectivity index (χ1v) is 12.3. The minimum Gasteiger partial charge on any atom is -0.480 e. The normalized spacial score (nSPS) is 17.9. The van der Waals surface area contributed by atoms with E-state index in [1.807, 2.05) is 24.3 Å². The zero-order chi connectivity index (χ0) is 25.4. The molecular formula is C26H30Cl2N2O5. The second kappa shape index (κ2) is 12.9. The summed E-state index contributed by atoms with van der Waals surface area (Å²) in [5.41, 5.74) is 1.73. The van der Waals surface area contributed by atoms with Crippen LogP contribution in [0.25, 0.3) is 0 Å². The van der Waals surface area contributed by atoms with Gasteiger partial charge >= 0.3 is 5.97 Å². The number of aliphatic carboxylic acids is 1. The minimum atomic E-state index is -1.08. The zero-order valence-corrected chi connectivity index (χ0v) is 21.2. The Morgan fingerprint density at radius 3 is 2.51 bits per heavy atom. The maximum Gasteiger partial charge on any atom is 0.323 e. The van der Waals surface area contributed by atoms with Gasteiger partial charge in [-0.25, -0.2) is 0 Å². The summed E-state index contributed by atoms with van der Waals surface area (Å²) in [6, 6.07) is 14.0. The summed E-state index contributed by atoms with van der Waals surface area (Å²) in [6.45, 7) is 0.501. The van der Waals surface area contributed by atoms with Gasteiger partial charge in [-0.1, -0.05) is 53.5 Å². The van der Waals surface area contributed by atoms with Crippen molar-refractivity contribution in [2.75, 3.05) is 33.4 Å². The Balaban J connectivity index is 1.84. The Kier molecular flexibility index (Phi) is 9.95.